The van der Waals surface area contributed by atoms with Gasteiger partial charge in [-0.05, 0) is 60.7 Å². The number of amides is 1. The number of methoxy groups -OCH3 is 2. The van der Waals surface area contributed by atoms with Crippen LogP contribution in [-0.2, 0) is 19.1 Å². The smallest absolute Gasteiger partial charge is 0.355 e. The Labute approximate surface area is 209 Å². The Kier molecular flexibility index (Phi) is 7.41. The van der Waals surface area contributed by atoms with Crippen LogP contribution in [0.2, 0.25) is 0 Å². The molecule has 0 saturated heterocycles. The number of carbonyl (C=O) groups is 3. The van der Waals surface area contributed by atoms with Crippen LogP contribution in [0.4, 0.5) is 17.1 Å². The molecule has 36 heavy (non-hydrogen) atoms. The molecule has 3 aromatic carbocycles. The Morgan fingerprint density at radius 1 is 0.694 bits per heavy atom. The number of hydrogen-bond acceptors (Lipinski definition) is 6. The number of carbonyl (C=O) groups excluding carboxylic acids is 3. The summed E-state index contributed by atoms with van der Waals surface area (Å²) in [6.45, 7) is 0. The van der Waals surface area contributed by atoms with Gasteiger partial charge in [0.05, 0.1) is 19.8 Å². The van der Waals surface area contributed by atoms with Gasteiger partial charge in [0.15, 0.2) is 0 Å². The van der Waals surface area contributed by atoms with E-state index in [0.29, 0.717) is 22.6 Å². The van der Waals surface area contributed by atoms with Crippen molar-refractivity contribution in [1.29, 1.82) is 0 Å². The first-order valence-corrected chi connectivity index (χ1v) is 11.1. The monoisotopic (exact) mass is 480 g/mol. The van der Waals surface area contributed by atoms with E-state index in [4.69, 9.17) is 9.47 Å². The Hall–Kier alpha value is -4.91. The van der Waals surface area contributed by atoms with Crippen LogP contribution in [0.15, 0.2) is 121 Å². The van der Waals surface area contributed by atoms with E-state index in [0.717, 1.165) is 0 Å². The van der Waals surface area contributed by atoms with E-state index >= 15 is 0 Å². The van der Waals surface area contributed by atoms with E-state index in [1.807, 2.05) is 48.5 Å². The Morgan fingerprint density at radius 2 is 1.28 bits per heavy atom. The van der Waals surface area contributed by atoms with E-state index in [9.17, 15) is 14.4 Å². The fourth-order valence-corrected chi connectivity index (χ4v) is 3.80. The second kappa shape index (κ2) is 11.0. The van der Waals surface area contributed by atoms with Gasteiger partial charge in [0, 0.05) is 28.8 Å². The van der Waals surface area contributed by atoms with Gasteiger partial charge < -0.3 is 14.4 Å². The Balaban J connectivity index is 1.77. The van der Waals surface area contributed by atoms with Crippen molar-refractivity contribution in [3.8, 4) is 0 Å². The molecule has 0 aromatic heterocycles. The van der Waals surface area contributed by atoms with E-state index in [1.54, 1.807) is 64.6 Å². The van der Waals surface area contributed by atoms with Crippen LogP contribution in [-0.4, -0.2) is 32.1 Å². The van der Waals surface area contributed by atoms with Gasteiger partial charge in [0.2, 0.25) is 0 Å². The number of nitrogens with zero attached hydrogens (tertiary/aromatic N) is 2. The van der Waals surface area contributed by atoms with Crippen LogP contribution in [0.25, 0.3) is 0 Å². The first-order chi connectivity index (χ1) is 17.5. The molecule has 7 heteroatoms. The van der Waals surface area contributed by atoms with Gasteiger partial charge in [-0.3, -0.25) is 9.69 Å². The minimum atomic E-state index is -0.694. The van der Waals surface area contributed by atoms with Crippen LogP contribution in [0.5, 0.6) is 0 Å². The number of hydrogen-bond donors (Lipinski definition) is 0. The Bertz CT molecular complexity index is 1340. The molecular weight excluding hydrogens is 456 g/mol. The second-order valence-electron chi connectivity index (χ2n) is 7.67. The molecule has 1 amide bonds. The number of allylic oxidation sites excluding steroid dienone is 2. The third-order valence-electron chi connectivity index (χ3n) is 5.51. The average molecular weight is 481 g/mol. The lowest BCUT2D eigenvalue weighted by Gasteiger charge is -2.26. The molecule has 3 aromatic rings. The van der Waals surface area contributed by atoms with Crippen molar-refractivity contribution in [2.24, 2.45) is 0 Å². The summed E-state index contributed by atoms with van der Waals surface area (Å²) >= 11 is 0. The number of rotatable bonds is 6. The summed E-state index contributed by atoms with van der Waals surface area (Å²) in [6, 6.07) is 25.5. The van der Waals surface area contributed by atoms with Gasteiger partial charge >= 0.3 is 11.9 Å². The number of para-hydroxylation sites is 1. The quantitative estimate of drug-likeness (QED) is 0.454. The normalized spacial score (nSPS) is 12.7. The SMILES string of the molecule is COC(=O)C1=C(C(=O)OC)N(c2ccc(N(C(=O)c3ccccc3)c3ccccc3)cc2)C=CC=C1. The van der Waals surface area contributed by atoms with Crippen molar-refractivity contribution in [1.82, 2.24) is 0 Å². The highest BCUT2D eigenvalue weighted by atomic mass is 16.5. The fraction of sp³-hybridized carbons (Fsp3) is 0.0690. The molecule has 1 aliphatic heterocycles. The summed E-state index contributed by atoms with van der Waals surface area (Å²) in [4.78, 5) is 41.7. The number of benzene rings is 3. The van der Waals surface area contributed by atoms with Crippen molar-refractivity contribution in [3.05, 3.63) is 126 Å². The number of ether oxygens (including phenoxy) is 2. The molecule has 0 spiro atoms. The first-order valence-electron chi connectivity index (χ1n) is 11.1. The summed E-state index contributed by atoms with van der Waals surface area (Å²) in [5, 5.41) is 0. The van der Waals surface area contributed by atoms with Crippen LogP contribution >= 0.6 is 0 Å². The van der Waals surface area contributed by atoms with Gasteiger partial charge in [-0.2, -0.15) is 0 Å². The van der Waals surface area contributed by atoms with Crippen LogP contribution in [0.1, 0.15) is 10.4 Å². The zero-order chi connectivity index (χ0) is 25.5. The van der Waals surface area contributed by atoms with Crippen LogP contribution in [0.3, 0.4) is 0 Å². The summed E-state index contributed by atoms with van der Waals surface area (Å²) in [6.07, 6.45) is 6.48. The molecule has 7 nitrogen and oxygen atoms in total. The molecule has 0 unspecified atom stereocenters. The summed E-state index contributed by atoms with van der Waals surface area (Å²) in [7, 11) is 2.49. The predicted molar refractivity (Wildman–Crippen MR) is 138 cm³/mol. The zero-order valence-electron chi connectivity index (χ0n) is 19.8. The molecule has 0 radical (unpaired) electrons. The van der Waals surface area contributed by atoms with Crippen molar-refractivity contribution < 1.29 is 23.9 Å². The van der Waals surface area contributed by atoms with E-state index in [2.05, 4.69) is 0 Å². The van der Waals surface area contributed by atoms with Gasteiger partial charge in [0.25, 0.3) is 5.91 Å². The standard InChI is InChI=1S/C29H24N2O5/c1-35-28(33)25-15-9-10-20-30(26(25)29(34)36-2)22-16-18-24(19-17-22)31(23-13-7-4-8-14-23)27(32)21-11-5-3-6-12-21/h3-20H,1-2H3. The highest BCUT2D eigenvalue weighted by molar-refractivity contribution is 6.11. The van der Waals surface area contributed by atoms with Gasteiger partial charge in [0.1, 0.15) is 5.70 Å². The third kappa shape index (κ3) is 4.95. The number of anilines is 3. The largest absolute Gasteiger partial charge is 0.465 e. The lowest BCUT2D eigenvalue weighted by molar-refractivity contribution is -0.139. The summed E-state index contributed by atoms with van der Waals surface area (Å²) in [5.74, 6) is -1.54. The van der Waals surface area contributed by atoms with Crippen molar-refractivity contribution in [3.63, 3.8) is 0 Å². The molecule has 0 N–H and O–H groups in total. The molecule has 180 valence electrons. The van der Waals surface area contributed by atoms with E-state index in [-0.39, 0.29) is 17.2 Å². The van der Waals surface area contributed by atoms with Gasteiger partial charge in [-0.1, -0.05) is 42.5 Å². The zero-order valence-corrected chi connectivity index (χ0v) is 19.8. The molecule has 4 rings (SSSR count). The molecule has 1 heterocycles. The van der Waals surface area contributed by atoms with Crippen LogP contribution < -0.4 is 9.80 Å². The summed E-state index contributed by atoms with van der Waals surface area (Å²) < 4.78 is 9.82. The molecule has 0 fully saturated rings. The number of esters is 2. The van der Waals surface area contributed by atoms with E-state index < -0.39 is 11.9 Å². The van der Waals surface area contributed by atoms with Crippen molar-refractivity contribution >= 4 is 34.9 Å². The molecule has 0 atom stereocenters. The molecular formula is C29H24N2O5. The lowest BCUT2D eigenvalue weighted by Crippen LogP contribution is -2.27. The lowest BCUT2D eigenvalue weighted by atomic mass is 10.1. The minimum Gasteiger partial charge on any atom is -0.465 e. The van der Waals surface area contributed by atoms with Crippen LogP contribution in [0, 0.1) is 0 Å². The first kappa shape index (κ1) is 24.2. The maximum Gasteiger partial charge on any atom is 0.355 e. The Morgan fingerprint density at radius 3 is 1.89 bits per heavy atom. The molecule has 0 bridgehead atoms. The highest BCUT2D eigenvalue weighted by Gasteiger charge is 2.28. The maximum atomic E-state index is 13.5. The van der Waals surface area contributed by atoms with Gasteiger partial charge in [-0.15, -0.1) is 0 Å². The topological polar surface area (TPSA) is 76.2 Å². The van der Waals surface area contributed by atoms with E-state index in [1.165, 1.54) is 20.3 Å². The fourth-order valence-electron chi connectivity index (χ4n) is 3.80. The minimum absolute atomic E-state index is 0.0161. The average Bonchev–Trinajstić information content (AvgIpc) is 3.17. The van der Waals surface area contributed by atoms with Crippen molar-refractivity contribution in [2.45, 2.75) is 0 Å². The second-order valence-corrected chi connectivity index (χ2v) is 7.67. The van der Waals surface area contributed by atoms with Crippen molar-refractivity contribution in [2.75, 3.05) is 24.0 Å². The molecule has 0 aliphatic carbocycles. The van der Waals surface area contributed by atoms with Gasteiger partial charge in [-0.25, -0.2) is 9.59 Å². The third-order valence-corrected chi connectivity index (χ3v) is 5.51. The maximum absolute atomic E-state index is 13.5. The predicted octanol–water partition coefficient (Wildman–Crippen LogP) is 5.16. The highest BCUT2D eigenvalue weighted by Crippen LogP contribution is 2.32. The molecule has 0 saturated carbocycles. The summed E-state index contributed by atoms with van der Waals surface area (Å²) in [5.41, 5.74) is 2.55. The molecule has 1 aliphatic rings.